The number of nitrogens with one attached hydrogen (secondary N) is 1. The molecule has 0 fully saturated rings. The van der Waals surface area contributed by atoms with Gasteiger partial charge in [-0.3, -0.25) is 0 Å². The molecule has 0 aliphatic heterocycles. The summed E-state index contributed by atoms with van der Waals surface area (Å²) in [5.74, 6) is 0.772. The molecule has 1 atom stereocenters. The first-order valence-electron chi connectivity index (χ1n) is 10.5. The predicted molar refractivity (Wildman–Crippen MR) is 129 cm³/mol. The number of hydrogen-bond donors (Lipinski definition) is 1. The standard InChI is InChI=1S/C26H23N5S/c1-19-17-18-23(32-19)24(27-22-15-9-4-10-16-22)26-28-29-30-31(26)25(20-11-5-2-6-12-20)21-13-7-3-8-14-21/h2-18,24-25,27H,1H3/t24-/m1/s1. The maximum absolute atomic E-state index is 4.52. The van der Waals surface area contributed by atoms with Gasteiger partial charge >= 0.3 is 0 Å². The third-order valence-corrected chi connectivity index (χ3v) is 6.45. The zero-order valence-corrected chi connectivity index (χ0v) is 18.5. The third-order valence-electron chi connectivity index (χ3n) is 5.38. The van der Waals surface area contributed by atoms with E-state index in [1.165, 1.54) is 9.75 Å². The Hall–Kier alpha value is -3.77. The minimum absolute atomic E-state index is 0.136. The Balaban J connectivity index is 1.64. The van der Waals surface area contributed by atoms with Crippen LogP contribution in [0.15, 0.2) is 103 Å². The number of nitrogens with zero attached hydrogens (tertiary/aromatic N) is 4. The van der Waals surface area contributed by atoms with Gasteiger partial charge in [0, 0.05) is 15.4 Å². The number of para-hydroxylation sites is 1. The van der Waals surface area contributed by atoms with Crippen molar-refractivity contribution in [1.29, 1.82) is 0 Å². The first kappa shape index (κ1) is 20.2. The first-order valence-corrected chi connectivity index (χ1v) is 11.4. The fourth-order valence-electron chi connectivity index (χ4n) is 3.89. The molecule has 0 spiro atoms. The van der Waals surface area contributed by atoms with Crippen molar-refractivity contribution in [1.82, 2.24) is 20.2 Å². The number of aromatic nitrogens is 4. The maximum Gasteiger partial charge on any atom is 0.180 e. The highest BCUT2D eigenvalue weighted by molar-refractivity contribution is 7.12. The Labute approximate surface area is 191 Å². The highest BCUT2D eigenvalue weighted by atomic mass is 32.1. The molecule has 5 rings (SSSR count). The third kappa shape index (κ3) is 4.18. The lowest BCUT2D eigenvalue weighted by Gasteiger charge is -2.23. The van der Waals surface area contributed by atoms with Crippen molar-refractivity contribution in [3.8, 4) is 0 Å². The zero-order valence-electron chi connectivity index (χ0n) is 17.7. The molecule has 0 radical (unpaired) electrons. The molecule has 0 aliphatic rings. The van der Waals surface area contributed by atoms with E-state index in [1.807, 2.05) is 35.0 Å². The smallest absolute Gasteiger partial charge is 0.180 e. The minimum atomic E-state index is -0.180. The summed E-state index contributed by atoms with van der Waals surface area (Å²) in [5, 5.41) is 16.8. The number of hydrogen-bond acceptors (Lipinski definition) is 5. The van der Waals surface area contributed by atoms with Crippen molar-refractivity contribution in [3.05, 3.63) is 130 Å². The summed E-state index contributed by atoms with van der Waals surface area (Å²) in [4.78, 5) is 2.42. The lowest BCUT2D eigenvalue weighted by Crippen LogP contribution is -2.22. The number of rotatable bonds is 7. The molecule has 2 heterocycles. The van der Waals surface area contributed by atoms with Crippen molar-refractivity contribution in [2.24, 2.45) is 0 Å². The summed E-state index contributed by atoms with van der Waals surface area (Å²) in [6.07, 6.45) is 0. The summed E-state index contributed by atoms with van der Waals surface area (Å²) in [6, 6.07) is 34.9. The van der Waals surface area contributed by atoms with Crippen molar-refractivity contribution in [2.45, 2.75) is 19.0 Å². The molecule has 0 unspecified atom stereocenters. The Morgan fingerprint density at radius 2 is 1.34 bits per heavy atom. The summed E-state index contributed by atoms with van der Waals surface area (Å²) >= 11 is 1.75. The van der Waals surface area contributed by atoms with E-state index >= 15 is 0 Å². The van der Waals surface area contributed by atoms with Crippen LogP contribution in [-0.2, 0) is 0 Å². The highest BCUT2D eigenvalue weighted by Gasteiger charge is 2.28. The van der Waals surface area contributed by atoms with Gasteiger partial charge in [0.15, 0.2) is 5.82 Å². The van der Waals surface area contributed by atoms with E-state index in [0.717, 1.165) is 22.6 Å². The van der Waals surface area contributed by atoms with Crippen LogP contribution in [-0.4, -0.2) is 20.2 Å². The van der Waals surface area contributed by atoms with Gasteiger partial charge in [-0.1, -0.05) is 78.9 Å². The Morgan fingerprint density at radius 3 is 1.91 bits per heavy atom. The number of thiophene rings is 1. The molecule has 2 aromatic heterocycles. The van der Waals surface area contributed by atoms with Gasteiger partial charge in [-0.15, -0.1) is 16.4 Å². The number of benzene rings is 3. The van der Waals surface area contributed by atoms with Gasteiger partial charge in [0.2, 0.25) is 0 Å². The van der Waals surface area contributed by atoms with Gasteiger partial charge in [-0.25, -0.2) is 4.68 Å². The molecule has 0 saturated heterocycles. The monoisotopic (exact) mass is 437 g/mol. The molecule has 5 nitrogen and oxygen atoms in total. The lowest BCUT2D eigenvalue weighted by molar-refractivity contribution is 0.541. The zero-order chi connectivity index (χ0) is 21.8. The highest BCUT2D eigenvalue weighted by Crippen LogP contribution is 2.34. The summed E-state index contributed by atoms with van der Waals surface area (Å²) in [7, 11) is 0. The van der Waals surface area contributed by atoms with E-state index in [2.05, 4.69) is 101 Å². The molecule has 0 aliphatic carbocycles. The molecular weight excluding hydrogens is 414 g/mol. The van der Waals surface area contributed by atoms with E-state index < -0.39 is 0 Å². The molecule has 6 heteroatoms. The number of tetrazole rings is 1. The minimum Gasteiger partial charge on any atom is -0.371 e. The fourth-order valence-corrected chi connectivity index (χ4v) is 4.82. The van der Waals surface area contributed by atoms with Crippen LogP contribution in [0.4, 0.5) is 5.69 Å². The second kappa shape index (κ2) is 9.16. The quantitative estimate of drug-likeness (QED) is 0.345. The molecule has 1 N–H and O–H groups in total. The number of aryl methyl sites for hydroxylation is 1. The normalized spacial score (nSPS) is 12.1. The van der Waals surface area contributed by atoms with Gasteiger partial charge in [0.1, 0.15) is 12.1 Å². The molecule has 158 valence electrons. The second-order valence-electron chi connectivity index (χ2n) is 7.60. The average molecular weight is 438 g/mol. The van der Waals surface area contributed by atoms with E-state index in [9.17, 15) is 0 Å². The molecule has 32 heavy (non-hydrogen) atoms. The molecule has 5 aromatic rings. The van der Waals surface area contributed by atoms with Crippen molar-refractivity contribution in [2.75, 3.05) is 5.32 Å². The van der Waals surface area contributed by atoms with Crippen LogP contribution in [0.2, 0.25) is 0 Å². The van der Waals surface area contributed by atoms with Crippen LogP contribution in [0.3, 0.4) is 0 Å². The largest absolute Gasteiger partial charge is 0.371 e. The first-order chi connectivity index (χ1) is 15.8. The van der Waals surface area contributed by atoms with E-state index in [4.69, 9.17) is 0 Å². The van der Waals surface area contributed by atoms with E-state index in [1.54, 1.807) is 11.3 Å². The van der Waals surface area contributed by atoms with Gasteiger partial charge in [-0.05, 0) is 52.7 Å². The van der Waals surface area contributed by atoms with Gasteiger partial charge in [0.05, 0.1) is 0 Å². The molecular formula is C26H23N5S. The Morgan fingerprint density at radius 1 is 0.750 bits per heavy atom. The van der Waals surface area contributed by atoms with Gasteiger partial charge in [-0.2, -0.15) is 0 Å². The predicted octanol–water partition coefficient (Wildman–Crippen LogP) is 5.88. The maximum atomic E-state index is 4.52. The van der Waals surface area contributed by atoms with Crippen LogP contribution in [0.25, 0.3) is 0 Å². The molecule has 0 amide bonds. The van der Waals surface area contributed by atoms with Crippen LogP contribution < -0.4 is 5.32 Å². The van der Waals surface area contributed by atoms with E-state index in [0.29, 0.717) is 0 Å². The van der Waals surface area contributed by atoms with Crippen molar-refractivity contribution >= 4 is 17.0 Å². The summed E-state index contributed by atoms with van der Waals surface area (Å²) in [6.45, 7) is 2.12. The van der Waals surface area contributed by atoms with Crippen LogP contribution in [0.1, 0.15) is 38.8 Å². The summed E-state index contributed by atoms with van der Waals surface area (Å²) in [5.41, 5.74) is 3.29. The van der Waals surface area contributed by atoms with Gasteiger partial charge in [0.25, 0.3) is 0 Å². The second-order valence-corrected chi connectivity index (χ2v) is 8.92. The summed E-state index contributed by atoms with van der Waals surface area (Å²) < 4.78 is 1.94. The van der Waals surface area contributed by atoms with Crippen molar-refractivity contribution in [3.63, 3.8) is 0 Å². The van der Waals surface area contributed by atoms with Crippen LogP contribution in [0, 0.1) is 6.92 Å². The van der Waals surface area contributed by atoms with Crippen LogP contribution >= 0.6 is 11.3 Å². The molecule has 0 saturated carbocycles. The molecule has 3 aromatic carbocycles. The number of anilines is 1. The SMILES string of the molecule is Cc1ccc([C@@H](Nc2ccccc2)c2nnnn2C(c2ccccc2)c2ccccc2)s1. The van der Waals surface area contributed by atoms with Gasteiger partial charge < -0.3 is 5.32 Å². The average Bonchev–Trinajstić information content (AvgIpc) is 3.49. The van der Waals surface area contributed by atoms with E-state index in [-0.39, 0.29) is 12.1 Å². The molecule has 0 bridgehead atoms. The Bertz CT molecular complexity index is 1230. The Kier molecular flexibility index (Phi) is 5.77. The van der Waals surface area contributed by atoms with Crippen molar-refractivity contribution < 1.29 is 0 Å². The van der Waals surface area contributed by atoms with Crippen LogP contribution in [0.5, 0.6) is 0 Å². The lowest BCUT2D eigenvalue weighted by atomic mass is 9.98. The topological polar surface area (TPSA) is 55.6 Å². The fraction of sp³-hybridized carbons (Fsp3) is 0.115.